The molecular formula is C16H19NO4. The number of aryl methyl sites for hydroxylation is 1. The molecule has 5 heteroatoms. The SMILES string of the molecule is COC(=O)CCNC(=O)c1cc(C)cc(C#CCCO)c1. The number of nitrogens with one attached hydrogen (secondary N) is 1. The Morgan fingerprint density at radius 2 is 2.10 bits per heavy atom. The number of carbonyl (C=O) groups excluding carboxylic acids is 2. The molecule has 1 amide bonds. The maximum Gasteiger partial charge on any atom is 0.307 e. The molecule has 0 unspecified atom stereocenters. The summed E-state index contributed by atoms with van der Waals surface area (Å²) >= 11 is 0. The van der Waals surface area contributed by atoms with E-state index < -0.39 is 0 Å². The van der Waals surface area contributed by atoms with Gasteiger partial charge in [-0.3, -0.25) is 9.59 Å². The third kappa shape index (κ3) is 6.11. The van der Waals surface area contributed by atoms with Crippen LogP contribution in [0.15, 0.2) is 18.2 Å². The van der Waals surface area contributed by atoms with Crippen molar-refractivity contribution in [1.82, 2.24) is 5.32 Å². The highest BCUT2D eigenvalue weighted by Gasteiger charge is 2.08. The van der Waals surface area contributed by atoms with Crippen molar-refractivity contribution < 1.29 is 19.4 Å². The van der Waals surface area contributed by atoms with Crippen LogP contribution in [0.25, 0.3) is 0 Å². The number of methoxy groups -OCH3 is 1. The number of aliphatic hydroxyl groups is 1. The van der Waals surface area contributed by atoms with Crippen LogP contribution in [0.4, 0.5) is 0 Å². The number of ether oxygens (including phenoxy) is 1. The van der Waals surface area contributed by atoms with E-state index in [-0.39, 0.29) is 31.4 Å². The molecule has 0 aliphatic heterocycles. The first-order valence-corrected chi connectivity index (χ1v) is 6.63. The Kier molecular flexibility index (Phi) is 6.99. The van der Waals surface area contributed by atoms with Gasteiger partial charge in [0, 0.05) is 24.1 Å². The zero-order valence-electron chi connectivity index (χ0n) is 12.2. The van der Waals surface area contributed by atoms with Crippen molar-refractivity contribution in [3.05, 3.63) is 34.9 Å². The number of esters is 1. The van der Waals surface area contributed by atoms with Gasteiger partial charge in [-0.05, 0) is 30.7 Å². The summed E-state index contributed by atoms with van der Waals surface area (Å²) in [5.74, 6) is 5.10. The van der Waals surface area contributed by atoms with Crippen molar-refractivity contribution in [1.29, 1.82) is 0 Å². The topological polar surface area (TPSA) is 75.6 Å². The van der Waals surface area contributed by atoms with Gasteiger partial charge in [-0.15, -0.1) is 0 Å². The van der Waals surface area contributed by atoms with Gasteiger partial charge >= 0.3 is 5.97 Å². The van der Waals surface area contributed by atoms with Crippen molar-refractivity contribution in [2.24, 2.45) is 0 Å². The van der Waals surface area contributed by atoms with E-state index in [0.29, 0.717) is 12.0 Å². The predicted octanol–water partition coefficient (Wildman–Crippen LogP) is 1.02. The number of amides is 1. The minimum atomic E-state index is -0.366. The first-order valence-electron chi connectivity index (χ1n) is 6.63. The molecule has 0 saturated heterocycles. The summed E-state index contributed by atoms with van der Waals surface area (Å²) in [5, 5.41) is 11.4. The maximum absolute atomic E-state index is 12.0. The number of carbonyl (C=O) groups is 2. The van der Waals surface area contributed by atoms with Gasteiger partial charge in [0.15, 0.2) is 0 Å². The molecule has 112 valence electrons. The predicted molar refractivity (Wildman–Crippen MR) is 78.7 cm³/mol. The van der Waals surface area contributed by atoms with E-state index in [0.717, 1.165) is 11.1 Å². The van der Waals surface area contributed by atoms with E-state index in [4.69, 9.17) is 5.11 Å². The van der Waals surface area contributed by atoms with E-state index >= 15 is 0 Å². The van der Waals surface area contributed by atoms with Gasteiger partial charge in [-0.2, -0.15) is 0 Å². The Morgan fingerprint density at radius 3 is 2.76 bits per heavy atom. The van der Waals surface area contributed by atoms with E-state index in [9.17, 15) is 9.59 Å². The third-order valence-electron chi connectivity index (χ3n) is 2.65. The Hall–Kier alpha value is -2.32. The highest BCUT2D eigenvalue weighted by atomic mass is 16.5. The largest absolute Gasteiger partial charge is 0.469 e. The second kappa shape index (κ2) is 8.77. The second-order valence-electron chi connectivity index (χ2n) is 4.45. The zero-order valence-corrected chi connectivity index (χ0v) is 12.2. The van der Waals surface area contributed by atoms with E-state index in [1.807, 2.05) is 13.0 Å². The van der Waals surface area contributed by atoms with Crippen LogP contribution in [0.3, 0.4) is 0 Å². The standard InChI is InChI=1S/C16H19NO4/c1-12-9-13(5-3-4-8-18)11-14(10-12)16(20)17-7-6-15(19)21-2/h9-11,18H,4,6-8H2,1-2H3,(H,17,20). The van der Waals surface area contributed by atoms with Crippen molar-refractivity contribution in [3.63, 3.8) is 0 Å². The molecule has 2 N–H and O–H groups in total. The third-order valence-corrected chi connectivity index (χ3v) is 2.65. The summed E-state index contributed by atoms with van der Waals surface area (Å²) in [7, 11) is 1.31. The quantitative estimate of drug-likeness (QED) is 0.627. The van der Waals surface area contributed by atoms with E-state index in [1.165, 1.54) is 7.11 Å². The molecule has 0 radical (unpaired) electrons. The van der Waals surface area contributed by atoms with Crippen LogP contribution < -0.4 is 5.32 Å². The fraction of sp³-hybridized carbons (Fsp3) is 0.375. The van der Waals surface area contributed by atoms with Crippen LogP contribution in [0.2, 0.25) is 0 Å². The summed E-state index contributed by atoms with van der Waals surface area (Å²) in [4.78, 5) is 23.0. The normalized spacial score (nSPS) is 9.48. The number of aliphatic hydroxyl groups excluding tert-OH is 1. The molecule has 1 aromatic carbocycles. The van der Waals surface area contributed by atoms with Gasteiger partial charge in [0.1, 0.15) is 0 Å². The lowest BCUT2D eigenvalue weighted by atomic mass is 10.1. The second-order valence-corrected chi connectivity index (χ2v) is 4.45. The van der Waals surface area contributed by atoms with Crippen LogP contribution in [-0.2, 0) is 9.53 Å². The van der Waals surface area contributed by atoms with Crippen molar-refractivity contribution in [2.45, 2.75) is 19.8 Å². The maximum atomic E-state index is 12.0. The molecule has 0 heterocycles. The number of hydrogen-bond acceptors (Lipinski definition) is 4. The Morgan fingerprint density at radius 1 is 1.33 bits per heavy atom. The van der Waals surface area contributed by atoms with Gasteiger partial charge in [0.05, 0.1) is 20.1 Å². The molecule has 0 spiro atoms. The molecule has 0 atom stereocenters. The summed E-state index contributed by atoms with van der Waals surface area (Å²) in [6, 6.07) is 5.31. The lowest BCUT2D eigenvalue weighted by Gasteiger charge is -2.06. The smallest absolute Gasteiger partial charge is 0.307 e. The van der Waals surface area contributed by atoms with Gasteiger partial charge in [0.2, 0.25) is 0 Å². The van der Waals surface area contributed by atoms with Gasteiger partial charge in [0.25, 0.3) is 5.91 Å². The Labute approximate surface area is 124 Å². The van der Waals surface area contributed by atoms with Gasteiger partial charge < -0.3 is 15.2 Å². The fourth-order valence-corrected chi connectivity index (χ4v) is 1.69. The zero-order chi connectivity index (χ0) is 15.7. The van der Waals surface area contributed by atoms with E-state index in [2.05, 4.69) is 21.9 Å². The lowest BCUT2D eigenvalue weighted by molar-refractivity contribution is -0.140. The summed E-state index contributed by atoms with van der Waals surface area (Å²) < 4.78 is 4.50. The molecule has 0 saturated carbocycles. The van der Waals surface area contributed by atoms with Crippen LogP contribution in [0.5, 0.6) is 0 Å². The first-order chi connectivity index (χ1) is 10.1. The molecule has 0 aliphatic carbocycles. The van der Waals surface area contributed by atoms with Crippen molar-refractivity contribution in [3.8, 4) is 11.8 Å². The van der Waals surface area contributed by atoms with Crippen molar-refractivity contribution >= 4 is 11.9 Å². The molecule has 0 fully saturated rings. The number of rotatable bonds is 5. The molecule has 0 aromatic heterocycles. The fourth-order valence-electron chi connectivity index (χ4n) is 1.69. The summed E-state index contributed by atoms with van der Waals surface area (Å²) in [6.07, 6.45) is 0.534. The number of hydrogen-bond donors (Lipinski definition) is 2. The average molecular weight is 289 g/mol. The molecule has 1 aromatic rings. The lowest BCUT2D eigenvalue weighted by Crippen LogP contribution is -2.26. The molecular weight excluding hydrogens is 270 g/mol. The van der Waals surface area contributed by atoms with E-state index in [1.54, 1.807) is 12.1 Å². The van der Waals surface area contributed by atoms with Crippen LogP contribution in [0, 0.1) is 18.8 Å². The minimum Gasteiger partial charge on any atom is -0.469 e. The molecule has 0 bridgehead atoms. The van der Waals surface area contributed by atoms with Crippen LogP contribution in [-0.4, -0.2) is 37.2 Å². The Balaban J connectivity index is 2.71. The average Bonchev–Trinajstić information content (AvgIpc) is 2.46. The van der Waals surface area contributed by atoms with Crippen LogP contribution in [0.1, 0.15) is 34.3 Å². The molecule has 1 rings (SSSR count). The molecule has 5 nitrogen and oxygen atoms in total. The highest BCUT2D eigenvalue weighted by molar-refractivity contribution is 5.95. The van der Waals surface area contributed by atoms with Crippen molar-refractivity contribution in [2.75, 3.05) is 20.3 Å². The first kappa shape index (κ1) is 16.7. The highest BCUT2D eigenvalue weighted by Crippen LogP contribution is 2.09. The monoisotopic (exact) mass is 289 g/mol. The van der Waals surface area contributed by atoms with Crippen LogP contribution >= 0.6 is 0 Å². The number of benzene rings is 1. The Bertz CT molecular complexity index is 569. The molecule has 21 heavy (non-hydrogen) atoms. The van der Waals surface area contributed by atoms with Gasteiger partial charge in [-0.25, -0.2) is 0 Å². The molecule has 0 aliphatic rings. The summed E-state index contributed by atoms with van der Waals surface area (Å²) in [5.41, 5.74) is 2.14. The summed E-state index contributed by atoms with van der Waals surface area (Å²) in [6.45, 7) is 2.12. The van der Waals surface area contributed by atoms with Gasteiger partial charge in [-0.1, -0.05) is 11.8 Å². The minimum absolute atomic E-state index is 0.0136.